The van der Waals surface area contributed by atoms with E-state index in [1.807, 2.05) is 0 Å². The fourth-order valence-corrected chi connectivity index (χ4v) is 6.12. The zero-order chi connectivity index (χ0) is 24.4. The molecule has 0 spiro atoms. The van der Waals surface area contributed by atoms with Crippen LogP contribution in [0.15, 0.2) is 73.3 Å². The van der Waals surface area contributed by atoms with Gasteiger partial charge in [0.2, 0.25) is 0 Å². The molecule has 0 aliphatic heterocycles. The number of ether oxygens (including phenoxy) is 2. The highest BCUT2D eigenvalue weighted by molar-refractivity contribution is 9.10. The van der Waals surface area contributed by atoms with Gasteiger partial charge >= 0.3 is 20.2 Å². The summed E-state index contributed by atoms with van der Waals surface area (Å²) in [5.74, 6) is 0.204. The van der Waals surface area contributed by atoms with Crippen LogP contribution in [0.3, 0.4) is 0 Å². The Morgan fingerprint density at radius 3 is 1.55 bits per heavy atom. The van der Waals surface area contributed by atoms with E-state index < -0.39 is 20.2 Å². The van der Waals surface area contributed by atoms with Gasteiger partial charge in [0, 0.05) is 8.95 Å². The minimum absolute atomic E-state index is 0.00168. The maximum atomic E-state index is 12.8. The van der Waals surface area contributed by atoms with E-state index in [-0.39, 0.29) is 32.8 Å². The third kappa shape index (κ3) is 5.81. The van der Waals surface area contributed by atoms with Crippen LogP contribution in [-0.2, 0) is 20.2 Å². The molecule has 3 aromatic carbocycles. The topological polar surface area (TPSA) is 105 Å². The van der Waals surface area contributed by atoms with Crippen LogP contribution >= 0.6 is 31.9 Å². The Labute approximate surface area is 208 Å². The molecule has 3 rings (SSSR count). The van der Waals surface area contributed by atoms with E-state index in [1.54, 1.807) is 19.1 Å². The summed E-state index contributed by atoms with van der Waals surface area (Å²) in [5, 5.41) is 0. The van der Waals surface area contributed by atoms with Gasteiger partial charge in [-0.05, 0) is 67.1 Å². The lowest BCUT2D eigenvalue weighted by Crippen LogP contribution is -2.13. The molecule has 3 aromatic rings. The fourth-order valence-electron chi connectivity index (χ4n) is 2.79. The molecule has 0 saturated heterocycles. The smallest absolute Gasteiger partial charge is 0.342 e. The summed E-state index contributed by atoms with van der Waals surface area (Å²) in [4.78, 5) is -0.329. The van der Waals surface area contributed by atoms with Gasteiger partial charge in [-0.15, -0.1) is 0 Å². The normalized spacial score (nSPS) is 11.7. The number of aryl methyl sites for hydroxylation is 1. The van der Waals surface area contributed by atoms with Crippen LogP contribution in [0.5, 0.6) is 23.0 Å². The highest BCUT2D eigenvalue weighted by atomic mass is 79.9. The Morgan fingerprint density at radius 2 is 1.09 bits per heavy atom. The first-order chi connectivity index (χ1) is 15.5. The molecule has 8 nitrogen and oxygen atoms in total. The van der Waals surface area contributed by atoms with Gasteiger partial charge in [0.05, 0.1) is 14.2 Å². The average molecular weight is 622 g/mol. The Balaban J connectivity index is 1.89. The molecule has 0 aromatic heterocycles. The van der Waals surface area contributed by atoms with Crippen molar-refractivity contribution in [3.05, 3.63) is 69.1 Å². The molecule has 0 N–H and O–H groups in total. The number of hydrogen-bond donors (Lipinski definition) is 0. The van der Waals surface area contributed by atoms with Gasteiger partial charge in [0.1, 0.15) is 32.8 Å². The van der Waals surface area contributed by atoms with Crippen molar-refractivity contribution in [1.29, 1.82) is 0 Å². The van der Waals surface area contributed by atoms with Crippen LogP contribution < -0.4 is 17.8 Å². The first-order valence-corrected chi connectivity index (χ1v) is 13.5. The van der Waals surface area contributed by atoms with E-state index in [0.29, 0.717) is 14.5 Å². The van der Waals surface area contributed by atoms with Gasteiger partial charge in [-0.3, -0.25) is 0 Å². The summed E-state index contributed by atoms with van der Waals surface area (Å²) in [5.41, 5.74) is 0.335. The molecule has 0 amide bonds. The zero-order valence-electron chi connectivity index (χ0n) is 17.5. The van der Waals surface area contributed by atoms with Crippen LogP contribution in [0.4, 0.5) is 0 Å². The van der Waals surface area contributed by atoms with E-state index in [0.717, 1.165) is 0 Å². The quantitative estimate of drug-likeness (QED) is 0.321. The molecule has 0 atom stereocenters. The van der Waals surface area contributed by atoms with Gasteiger partial charge in [-0.2, -0.15) is 16.8 Å². The van der Waals surface area contributed by atoms with Gasteiger partial charge in [0.15, 0.2) is 0 Å². The molecular weight excluding hydrogens is 604 g/mol. The minimum atomic E-state index is -4.24. The van der Waals surface area contributed by atoms with Crippen LogP contribution in [-0.4, -0.2) is 31.1 Å². The Kier molecular flexibility index (Phi) is 7.62. The Bertz CT molecular complexity index is 1400. The molecule has 176 valence electrons. The summed E-state index contributed by atoms with van der Waals surface area (Å²) < 4.78 is 73.0. The molecule has 33 heavy (non-hydrogen) atoms. The lowest BCUT2D eigenvalue weighted by atomic mass is 10.2. The standard InChI is InChI=1S/C21H18Br2O8S2/c1-13-10-16(30-32(24,25)20-11-14(22)4-7-18(20)28-2)6-9-17(13)31-33(26,27)21-12-15(23)5-8-19(21)29-3/h4-12H,1-3H3. The lowest BCUT2D eigenvalue weighted by Gasteiger charge is -2.14. The van der Waals surface area contributed by atoms with Crippen molar-refractivity contribution >= 4 is 52.1 Å². The third-order valence-electron chi connectivity index (χ3n) is 4.34. The molecule has 0 unspecified atom stereocenters. The van der Waals surface area contributed by atoms with E-state index in [4.69, 9.17) is 17.8 Å². The van der Waals surface area contributed by atoms with Crippen LogP contribution in [0.1, 0.15) is 5.56 Å². The van der Waals surface area contributed by atoms with E-state index in [1.165, 1.54) is 56.7 Å². The molecular formula is C21H18Br2O8S2. The largest absolute Gasteiger partial charge is 0.495 e. The summed E-state index contributed by atoms with van der Waals surface area (Å²) >= 11 is 6.45. The SMILES string of the molecule is COc1ccc(Br)cc1S(=O)(=O)Oc1ccc(OS(=O)(=O)c2cc(Br)ccc2OC)c(C)c1. The number of methoxy groups -OCH3 is 2. The second-order valence-electron chi connectivity index (χ2n) is 6.59. The number of hydrogen-bond acceptors (Lipinski definition) is 8. The van der Waals surface area contributed by atoms with E-state index >= 15 is 0 Å². The second kappa shape index (κ2) is 9.92. The fraction of sp³-hybridized carbons (Fsp3) is 0.143. The predicted molar refractivity (Wildman–Crippen MR) is 128 cm³/mol. The number of rotatable bonds is 8. The highest BCUT2D eigenvalue weighted by Gasteiger charge is 2.25. The van der Waals surface area contributed by atoms with Crippen molar-refractivity contribution in [2.75, 3.05) is 14.2 Å². The first-order valence-electron chi connectivity index (χ1n) is 9.13. The molecule has 0 radical (unpaired) electrons. The number of benzene rings is 3. The van der Waals surface area contributed by atoms with Crippen molar-refractivity contribution < 1.29 is 34.7 Å². The maximum Gasteiger partial charge on any atom is 0.342 e. The zero-order valence-corrected chi connectivity index (χ0v) is 22.3. The van der Waals surface area contributed by atoms with E-state index in [2.05, 4.69) is 31.9 Å². The maximum absolute atomic E-state index is 12.8. The molecule has 0 aliphatic carbocycles. The highest BCUT2D eigenvalue weighted by Crippen LogP contribution is 2.34. The van der Waals surface area contributed by atoms with Gasteiger partial charge in [0.25, 0.3) is 0 Å². The minimum Gasteiger partial charge on any atom is -0.495 e. The van der Waals surface area contributed by atoms with Crippen LogP contribution in [0.25, 0.3) is 0 Å². The first kappa shape index (κ1) is 25.3. The molecule has 0 fully saturated rings. The van der Waals surface area contributed by atoms with Gasteiger partial charge in [-0.25, -0.2) is 0 Å². The second-order valence-corrected chi connectivity index (χ2v) is 11.5. The van der Waals surface area contributed by atoms with Crippen molar-refractivity contribution in [3.63, 3.8) is 0 Å². The van der Waals surface area contributed by atoms with Crippen molar-refractivity contribution in [2.24, 2.45) is 0 Å². The summed E-state index contributed by atoms with van der Waals surface area (Å²) in [6.07, 6.45) is 0. The Hall–Kier alpha value is -2.28. The molecule has 0 heterocycles. The predicted octanol–water partition coefficient (Wildman–Crippen LogP) is 5.07. The number of halogens is 2. The average Bonchev–Trinajstić information content (AvgIpc) is 2.75. The molecule has 0 aliphatic rings. The van der Waals surface area contributed by atoms with E-state index in [9.17, 15) is 16.8 Å². The molecule has 0 saturated carbocycles. The van der Waals surface area contributed by atoms with Crippen molar-refractivity contribution in [2.45, 2.75) is 16.7 Å². The lowest BCUT2D eigenvalue weighted by molar-refractivity contribution is 0.397. The monoisotopic (exact) mass is 620 g/mol. The molecule has 12 heteroatoms. The summed E-state index contributed by atoms with van der Waals surface area (Å²) in [6, 6.07) is 12.9. The van der Waals surface area contributed by atoms with Gasteiger partial charge < -0.3 is 17.8 Å². The van der Waals surface area contributed by atoms with Gasteiger partial charge in [-0.1, -0.05) is 31.9 Å². The van der Waals surface area contributed by atoms with Crippen LogP contribution in [0.2, 0.25) is 0 Å². The third-order valence-corrected chi connectivity index (χ3v) is 7.85. The summed E-state index contributed by atoms with van der Waals surface area (Å²) in [6.45, 7) is 1.56. The van der Waals surface area contributed by atoms with Crippen molar-refractivity contribution in [1.82, 2.24) is 0 Å². The van der Waals surface area contributed by atoms with Crippen molar-refractivity contribution in [3.8, 4) is 23.0 Å². The molecule has 0 bridgehead atoms. The Morgan fingerprint density at radius 1 is 0.636 bits per heavy atom. The van der Waals surface area contributed by atoms with Crippen LogP contribution in [0, 0.1) is 6.92 Å². The summed E-state index contributed by atoms with van der Waals surface area (Å²) in [7, 11) is -5.78.